The molecule has 18 heavy (non-hydrogen) atoms. The van der Waals surface area contributed by atoms with Gasteiger partial charge in [-0.25, -0.2) is 8.42 Å². The van der Waals surface area contributed by atoms with Crippen LogP contribution in [0.15, 0.2) is 4.99 Å². The number of hydrogen-bond acceptors (Lipinski definition) is 3. The summed E-state index contributed by atoms with van der Waals surface area (Å²) in [5.41, 5.74) is 0. The summed E-state index contributed by atoms with van der Waals surface area (Å²) in [5, 5.41) is 3.41. The molecule has 0 radical (unpaired) electrons. The smallest absolute Gasteiger partial charge is 0.193 e. The molecule has 1 saturated heterocycles. The molecule has 1 saturated carbocycles. The quantitative estimate of drug-likeness (QED) is 0.557. The third-order valence-electron chi connectivity index (χ3n) is 3.98. The van der Waals surface area contributed by atoms with Gasteiger partial charge in [0.2, 0.25) is 0 Å². The molecule has 1 heterocycles. The molecule has 0 aromatic heterocycles. The van der Waals surface area contributed by atoms with Crippen LogP contribution in [0.3, 0.4) is 0 Å². The van der Waals surface area contributed by atoms with E-state index in [4.69, 9.17) is 0 Å². The highest BCUT2D eigenvalue weighted by Crippen LogP contribution is 2.30. The minimum absolute atomic E-state index is 0.209. The van der Waals surface area contributed by atoms with Crippen LogP contribution in [0.5, 0.6) is 0 Å². The maximum atomic E-state index is 12.0. The van der Waals surface area contributed by atoms with Crippen molar-refractivity contribution in [2.75, 3.05) is 25.9 Å². The van der Waals surface area contributed by atoms with Gasteiger partial charge < -0.3 is 10.2 Å². The molecule has 0 aromatic carbocycles. The molecule has 1 N–H and O–H groups in total. The number of guanidine groups is 1. The largest absolute Gasteiger partial charge is 0.353 e. The topological polar surface area (TPSA) is 61.8 Å². The summed E-state index contributed by atoms with van der Waals surface area (Å²) in [6.07, 6.45) is 1.18. The molecule has 2 atom stereocenters. The van der Waals surface area contributed by atoms with E-state index >= 15 is 0 Å². The van der Waals surface area contributed by atoms with Crippen molar-refractivity contribution in [2.45, 2.75) is 38.0 Å². The van der Waals surface area contributed by atoms with Crippen LogP contribution < -0.4 is 5.32 Å². The molecule has 0 aromatic rings. The molecular formula is C12H23N3O2S. The minimum atomic E-state index is -2.98. The van der Waals surface area contributed by atoms with Crippen LogP contribution in [0.2, 0.25) is 0 Å². The van der Waals surface area contributed by atoms with Crippen molar-refractivity contribution in [1.82, 2.24) is 10.2 Å². The summed E-state index contributed by atoms with van der Waals surface area (Å²) in [6.45, 7) is 6.83. The number of nitrogens with zero attached hydrogens (tertiary/aromatic N) is 2. The van der Waals surface area contributed by atoms with E-state index in [0.29, 0.717) is 25.0 Å². The molecule has 2 fully saturated rings. The van der Waals surface area contributed by atoms with Crippen molar-refractivity contribution in [3.63, 3.8) is 0 Å². The van der Waals surface area contributed by atoms with Crippen molar-refractivity contribution in [1.29, 1.82) is 0 Å². The predicted molar refractivity (Wildman–Crippen MR) is 73.5 cm³/mol. The highest BCUT2D eigenvalue weighted by Gasteiger charge is 2.42. The van der Waals surface area contributed by atoms with Gasteiger partial charge in [-0.1, -0.05) is 6.92 Å². The van der Waals surface area contributed by atoms with E-state index in [9.17, 15) is 8.42 Å². The molecular weight excluding hydrogens is 250 g/mol. The highest BCUT2D eigenvalue weighted by atomic mass is 32.2. The first kappa shape index (κ1) is 13.6. The van der Waals surface area contributed by atoms with Gasteiger partial charge in [-0.2, -0.15) is 0 Å². The van der Waals surface area contributed by atoms with E-state index < -0.39 is 14.6 Å². The summed E-state index contributed by atoms with van der Waals surface area (Å²) < 4.78 is 23.2. The van der Waals surface area contributed by atoms with Gasteiger partial charge >= 0.3 is 0 Å². The number of nitrogens with one attached hydrogen (secondary N) is 1. The summed E-state index contributed by atoms with van der Waals surface area (Å²) in [6, 6.07) is 0.505. The third kappa shape index (κ3) is 2.48. The van der Waals surface area contributed by atoms with Crippen LogP contribution in [0.1, 0.15) is 27.2 Å². The van der Waals surface area contributed by atoms with E-state index in [1.54, 1.807) is 20.9 Å². The van der Waals surface area contributed by atoms with Crippen molar-refractivity contribution < 1.29 is 8.42 Å². The Bertz CT molecular complexity index is 456. The average Bonchev–Trinajstić information content (AvgIpc) is 2.95. The van der Waals surface area contributed by atoms with Crippen molar-refractivity contribution in [3.8, 4) is 0 Å². The zero-order chi connectivity index (χ0) is 13.6. The van der Waals surface area contributed by atoms with Gasteiger partial charge in [0.1, 0.15) is 0 Å². The number of aliphatic imine (C=N–C) groups is 1. The van der Waals surface area contributed by atoms with Crippen molar-refractivity contribution >= 4 is 15.8 Å². The minimum Gasteiger partial charge on any atom is -0.353 e. The number of rotatable bonds is 1. The van der Waals surface area contributed by atoms with Crippen LogP contribution in [-0.2, 0) is 9.84 Å². The molecule has 104 valence electrons. The second-order valence-electron chi connectivity index (χ2n) is 6.01. The third-order valence-corrected chi connectivity index (χ3v) is 6.51. The second kappa shape index (κ2) is 4.40. The van der Waals surface area contributed by atoms with Crippen LogP contribution >= 0.6 is 0 Å². The van der Waals surface area contributed by atoms with Gasteiger partial charge in [-0.15, -0.1) is 0 Å². The fourth-order valence-electron chi connectivity index (χ4n) is 2.31. The van der Waals surface area contributed by atoms with Crippen molar-refractivity contribution in [3.05, 3.63) is 0 Å². The standard InChI is InChI=1S/C12H23N3O2S/c1-9-7-10(9)14-11(13-4)15-5-6-18(16,17)12(2,3)8-15/h9-10H,5-8H2,1-4H3,(H,13,14). The predicted octanol–water partition coefficient (Wildman–Crippen LogP) is 0.479. The first-order valence-corrected chi connectivity index (χ1v) is 8.12. The molecule has 1 aliphatic heterocycles. The molecule has 0 spiro atoms. The molecule has 5 nitrogen and oxygen atoms in total. The van der Waals surface area contributed by atoms with Gasteiger partial charge in [0.25, 0.3) is 0 Å². The van der Waals surface area contributed by atoms with Crippen LogP contribution in [0.25, 0.3) is 0 Å². The first-order chi connectivity index (χ1) is 8.27. The van der Waals surface area contributed by atoms with Crippen LogP contribution in [-0.4, -0.2) is 56.0 Å². The van der Waals surface area contributed by atoms with E-state index in [1.807, 2.05) is 0 Å². The lowest BCUT2D eigenvalue weighted by Gasteiger charge is -2.39. The zero-order valence-corrected chi connectivity index (χ0v) is 12.4. The van der Waals surface area contributed by atoms with E-state index in [-0.39, 0.29) is 5.75 Å². The van der Waals surface area contributed by atoms with Gasteiger partial charge in [-0.3, -0.25) is 4.99 Å². The van der Waals surface area contributed by atoms with Gasteiger partial charge in [0.15, 0.2) is 15.8 Å². The normalized spacial score (nSPS) is 34.2. The maximum Gasteiger partial charge on any atom is 0.193 e. The Morgan fingerprint density at radius 3 is 2.50 bits per heavy atom. The summed E-state index contributed by atoms with van der Waals surface area (Å²) in [5.74, 6) is 1.75. The van der Waals surface area contributed by atoms with E-state index in [2.05, 4.69) is 22.1 Å². The fraction of sp³-hybridized carbons (Fsp3) is 0.917. The molecule has 0 amide bonds. The van der Waals surface area contributed by atoms with Gasteiger partial charge in [-0.05, 0) is 26.2 Å². The molecule has 2 aliphatic rings. The fourth-order valence-corrected chi connectivity index (χ4v) is 3.68. The van der Waals surface area contributed by atoms with Gasteiger partial charge in [0, 0.05) is 26.2 Å². The Labute approximate surface area is 110 Å². The Kier molecular flexibility index (Phi) is 3.34. The SMILES string of the molecule is CN=C(NC1CC1C)N1CCS(=O)(=O)C(C)(C)C1. The average molecular weight is 273 g/mol. The monoisotopic (exact) mass is 273 g/mol. The molecule has 2 rings (SSSR count). The van der Waals surface area contributed by atoms with Crippen LogP contribution in [0, 0.1) is 5.92 Å². The molecule has 1 aliphatic carbocycles. The van der Waals surface area contributed by atoms with Crippen molar-refractivity contribution in [2.24, 2.45) is 10.9 Å². The summed E-state index contributed by atoms with van der Waals surface area (Å²) in [4.78, 5) is 6.34. The summed E-state index contributed by atoms with van der Waals surface area (Å²) in [7, 11) is -1.23. The Hall–Kier alpha value is -0.780. The van der Waals surface area contributed by atoms with Gasteiger partial charge in [0.05, 0.1) is 10.5 Å². The Balaban J connectivity index is 2.06. The lowest BCUT2D eigenvalue weighted by atomic mass is 10.2. The molecule has 2 unspecified atom stereocenters. The molecule has 0 bridgehead atoms. The Morgan fingerprint density at radius 2 is 2.06 bits per heavy atom. The first-order valence-electron chi connectivity index (χ1n) is 6.47. The maximum absolute atomic E-state index is 12.0. The zero-order valence-electron chi connectivity index (χ0n) is 11.6. The lowest BCUT2D eigenvalue weighted by molar-refractivity contribution is 0.352. The Morgan fingerprint density at radius 1 is 1.44 bits per heavy atom. The summed E-state index contributed by atoms with van der Waals surface area (Å²) >= 11 is 0. The second-order valence-corrected chi connectivity index (χ2v) is 8.75. The van der Waals surface area contributed by atoms with Crippen LogP contribution in [0.4, 0.5) is 0 Å². The number of hydrogen-bond donors (Lipinski definition) is 1. The lowest BCUT2D eigenvalue weighted by Crippen LogP contribution is -2.57. The van der Waals surface area contributed by atoms with E-state index in [0.717, 1.165) is 5.96 Å². The highest BCUT2D eigenvalue weighted by molar-refractivity contribution is 7.92. The number of sulfone groups is 1. The molecule has 6 heteroatoms. The van der Waals surface area contributed by atoms with E-state index in [1.165, 1.54) is 6.42 Å².